The number of hydrogen-bond acceptors (Lipinski definition) is 6. The van der Waals surface area contributed by atoms with Crippen LogP contribution in [-0.4, -0.2) is 59.8 Å². The van der Waals surface area contributed by atoms with Gasteiger partial charge in [-0.3, -0.25) is 4.90 Å². The largest absolute Gasteiger partial charge is 0.399 e. The van der Waals surface area contributed by atoms with Crippen LogP contribution in [0.25, 0.3) is 0 Å². The van der Waals surface area contributed by atoms with Gasteiger partial charge in [0.25, 0.3) is 0 Å². The maximum absolute atomic E-state index is 9.46. The van der Waals surface area contributed by atoms with Crippen molar-refractivity contribution in [2.24, 2.45) is 5.92 Å². The van der Waals surface area contributed by atoms with Crippen LogP contribution >= 0.6 is 0 Å². The minimum atomic E-state index is -0.452. The molecule has 3 aliphatic rings. The summed E-state index contributed by atoms with van der Waals surface area (Å²) in [5.74, 6) is 0.199. The summed E-state index contributed by atoms with van der Waals surface area (Å²) >= 11 is 0. The van der Waals surface area contributed by atoms with Gasteiger partial charge in [0.1, 0.15) is 0 Å². The quantitative estimate of drug-likeness (QED) is 0.600. The zero-order valence-corrected chi connectivity index (χ0v) is 20.3. The molecule has 6 nitrogen and oxygen atoms in total. The molecular weight excluding hydrogens is 426 g/mol. The molecule has 5 unspecified atom stereocenters. The molecule has 0 radical (unpaired) electrons. The van der Waals surface area contributed by atoms with Crippen LogP contribution in [0.3, 0.4) is 0 Å². The number of hydrogen-bond donors (Lipinski definition) is 2. The number of benzene rings is 2. The number of aliphatic hydroxyl groups excluding tert-OH is 1. The van der Waals surface area contributed by atoms with Crippen LogP contribution in [0.1, 0.15) is 61.7 Å². The van der Waals surface area contributed by atoms with Crippen LogP contribution < -0.4 is 5.73 Å². The lowest BCUT2D eigenvalue weighted by Crippen LogP contribution is -2.48. The predicted octanol–water partition coefficient (Wildman–Crippen LogP) is 4.11. The Bertz CT molecular complexity index is 931. The van der Waals surface area contributed by atoms with E-state index in [0.717, 1.165) is 29.8 Å². The Balaban J connectivity index is 1.36. The highest BCUT2D eigenvalue weighted by molar-refractivity contribution is 5.41. The highest BCUT2D eigenvalue weighted by Gasteiger charge is 2.40. The monoisotopic (exact) mass is 465 g/mol. The van der Waals surface area contributed by atoms with Crippen molar-refractivity contribution in [2.45, 2.75) is 63.8 Å². The molecule has 5 rings (SSSR count). The van der Waals surface area contributed by atoms with Gasteiger partial charge >= 0.3 is 0 Å². The molecule has 5 atom stereocenters. The smallest absolute Gasteiger partial charge is 0.185 e. The summed E-state index contributed by atoms with van der Waals surface area (Å²) in [6.07, 6.45) is 4.74. The molecule has 3 N–H and O–H groups in total. The standard InChI is InChI=1S/C28H39N3O3/c1-20-26(18-31-15-5-8-25(31)17-30-13-2-3-14-30)33-28(23-6-4-7-24(29)16-23)34-27(20)22-11-9-21(19-32)10-12-22/h4,6-7,9-12,16,20,25-28,32H,2-3,5,8,13-15,17-19,29H2,1H3. The first-order valence-electron chi connectivity index (χ1n) is 12.9. The Morgan fingerprint density at radius 3 is 2.47 bits per heavy atom. The van der Waals surface area contributed by atoms with Gasteiger partial charge in [0, 0.05) is 36.3 Å². The number of nitrogens with two attached hydrogens (primary N) is 1. The molecule has 0 aromatic heterocycles. The van der Waals surface area contributed by atoms with E-state index >= 15 is 0 Å². The average molecular weight is 466 g/mol. The number of likely N-dealkylation sites (tertiary alicyclic amines) is 2. The van der Waals surface area contributed by atoms with E-state index in [9.17, 15) is 5.11 Å². The second kappa shape index (κ2) is 10.8. The fraction of sp³-hybridized carbons (Fsp3) is 0.571. The van der Waals surface area contributed by atoms with Gasteiger partial charge < -0.3 is 25.2 Å². The summed E-state index contributed by atoms with van der Waals surface area (Å²) < 4.78 is 13.2. The van der Waals surface area contributed by atoms with Crippen LogP contribution in [0.5, 0.6) is 0 Å². The van der Waals surface area contributed by atoms with E-state index in [-0.39, 0.29) is 24.7 Å². The predicted molar refractivity (Wildman–Crippen MR) is 134 cm³/mol. The molecule has 2 aromatic carbocycles. The van der Waals surface area contributed by atoms with Gasteiger partial charge in [-0.25, -0.2) is 0 Å². The van der Waals surface area contributed by atoms with Crippen LogP contribution in [-0.2, 0) is 16.1 Å². The summed E-state index contributed by atoms with van der Waals surface area (Å²) in [6, 6.07) is 16.6. The Morgan fingerprint density at radius 1 is 0.941 bits per heavy atom. The zero-order chi connectivity index (χ0) is 23.5. The first kappa shape index (κ1) is 23.8. The molecule has 2 aromatic rings. The molecule has 3 aliphatic heterocycles. The minimum Gasteiger partial charge on any atom is -0.399 e. The van der Waals surface area contributed by atoms with Crippen molar-refractivity contribution in [3.8, 4) is 0 Å². The normalized spacial score (nSPS) is 30.7. The Labute approximate surface area is 203 Å². The lowest BCUT2D eigenvalue weighted by atomic mass is 9.90. The molecule has 6 heteroatoms. The SMILES string of the molecule is CC1C(CN2CCCC2CN2CCCC2)OC(c2cccc(N)c2)OC1c1ccc(CO)cc1. The first-order valence-corrected chi connectivity index (χ1v) is 12.9. The molecule has 0 spiro atoms. The number of ether oxygens (including phenoxy) is 2. The number of nitrogens with zero attached hydrogens (tertiary/aromatic N) is 2. The molecule has 0 bridgehead atoms. The van der Waals surface area contributed by atoms with Crippen LogP contribution in [0, 0.1) is 5.92 Å². The highest BCUT2D eigenvalue weighted by atomic mass is 16.7. The summed E-state index contributed by atoms with van der Waals surface area (Å²) in [5.41, 5.74) is 9.80. The third-order valence-corrected chi connectivity index (χ3v) is 7.89. The lowest BCUT2D eigenvalue weighted by molar-refractivity contribution is -0.276. The van der Waals surface area contributed by atoms with Crippen molar-refractivity contribution < 1.29 is 14.6 Å². The van der Waals surface area contributed by atoms with E-state index in [1.165, 1.54) is 45.3 Å². The Hall–Kier alpha value is -1.96. The molecule has 3 heterocycles. The maximum atomic E-state index is 9.46. The van der Waals surface area contributed by atoms with Crippen LogP contribution in [0.4, 0.5) is 5.69 Å². The topological polar surface area (TPSA) is 71.2 Å². The van der Waals surface area contributed by atoms with Crippen LogP contribution in [0.2, 0.25) is 0 Å². The Morgan fingerprint density at radius 2 is 1.74 bits per heavy atom. The minimum absolute atomic E-state index is 0.0480. The first-order chi connectivity index (χ1) is 16.6. The van der Waals surface area contributed by atoms with Crippen molar-refractivity contribution >= 4 is 5.69 Å². The van der Waals surface area contributed by atoms with Crippen molar-refractivity contribution in [3.05, 3.63) is 65.2 Å². The maximum Gasteiger partial charge on any atom is 0.185 e. The fourth-order valence-electron chi connectivity index (χ4n) is 5.87. The van der Waals surface area contributed by atoms with Gasteiger partial charge in [-0.15, -0.1) is 0 Å². The van der Waals surface area contributed by atoms with Crippen molar-refractivity contribution in [3.63, 3.8) is 0 Å². The summed E-state index contributed by atoms with van der Waals surface area (Å²) in [5, 5.41) is 9.46. The van der Waals surface area contributed by atoms with E-state index in [2.05, 4.69) is 28.9 Å². The van der Waals surface area contributed by atoms with Gasteiger partial charge in [0.15, 0.2) is 6.29 Å². The third kappa shape index (κ3) is 5.31. The number of aliphatic hydroxyl groups is 1. The molecule has 3 fully saturated rings. The van der Waals surface area contributed by atoms with Gasteiger partial charge in [0.05, 0.1) is 18.8 Å². The van der Waals surface area contributed by atoms with E-state index < -0.39 is 6.29 Å². The molecule has 0 amide bonds. The second-order valence-corrected chi connectivity index (χ2v) is 10.3. The lowest BCUT2D eigenvalue weighted by Gasteiger charge is -2.43. The fourth-order valence-corrected chi connectivity index (χ4v) is 5.87. The third-order valence-electron chi connectivity index (χ3n) is 7.89. The summed E-state index contributed by atoms with van der Waals surface area (Å²) in [7, 11) is 0. The van der Waals surface area contributed by atoms with Gasteiger partial charge in [-0.05, 0) is 68.6 Å². The summed E-state index contributed by atoms with van der Waals surface area (Å²) in [4.78, 5) is 5.30. The van der Waals surface area contributed by atoms with Crippen molar-refractivity contribution in [2.75, 3.05) is 38.5 Å². The molecular formula is C28H39N3O3. The van der Waals surface area contributed by atoms with Crippen molar-refractivity contribution in [1.82, 2.24) is 9.80 Å². The number of anilines is 1. The molecule has 34 heavy (non-hydrogen) atoms. The number of nitrogen functional groups attached to an aromatic ring is 1. The molecule has 3 saturated heterocycles. The highest BCUT2D eigenvalue weighted by Crippen LogP contribution is 2.42. The van der Waals surface area contributed by atoms with Gasteiger partial charge in [-0.1, -0.05) is 43.3 Å². The van der Waals surface area contributed by atoms with E-state index in [0.29, 0.717) is 11.7 Å². The molecule has 0 aliphatic carbocycles. The summed E-state index contributed by atoms with van der Waals surface area (Å²) in [6.45, 7) is 8.04. The Kier molecular flexibility index (Phi) is 7.52. The second-order valence-electron chi connectivity index (χ2n) is 10.3. The number of rotatable bonds is 7. The van der Waals surface area contributed by atoms with Gasteiger partial charge in [-0.2, -0.15) is 0 Å². The van der Waals surface area contributed by atoms with Crippen LogP contribution in [0.15, 0.2) is 48.5 Å². The van der Waals surface area contributed by atoms with Crippen molar-refractivity contribution in [1.29, 1.82) is 0 Å². The average Bonchev–Trinajstić information content (AvgIpc) is 3.53. The van der Waals surface area contributed by atoms with E-state index in [4.69, 9.17) is 15.2 Å². The van der Waals surface area contributed by atoms with E-state index in [1.807, 2.05) is 36.4 Å². The zero-order valence-electron chi connectivity index (χ0n) is 20.3. The van der Waals surface area contributed by atoms with E-state index in [1.54, 1.807) is 0 Å². The van der Waals surface area contributed by atoms with Gasteiger partial charge in [0.2, 0.25) is 0 Å². The molecule has 0 saturated carbocycles. The molecule has 184 valence electrons.